The highest BCUT2D eigenvalue weighted by Crippen LogP contribution is 2.13. The van der Waals surface area contributed by atoms with Crippen LogP contribution in [-0.2, 0) is 4.79 Å². The Morgan fingerprint density at radius 2 is 2.22 bits per heavy atom. The van der Waals surface area contributed by atoms with Gasteiger partial charge in [0, 0.05) is 22.7 Å². The fourth-order valence-corrected chi connectivity index (χ4v) is 1.92. The first-order valence-electron chi connectivity index (χ1n) is 5.79. The normalized spacial score (nSPS) is 11.8. The minimum Gasteiger partial charge on any atom is -0.396 e. The molecule has 0 saturated carbocycles. The van der Waals surface area contributed by atoms with Gasteiger partial charge in [0.05, 0.1) is 0 Å². The minimum atomic E-state index is -0.395. The number of carbonyl (C=O) groups excluding carboxylic acids is 1. The molecule has 98 valence electrons. The Kier molecular flexibility index (Phi) is 5.56. The zero-order chi connectivity index (χ0) is 13.6. The molecule has 18 heavy (non-hydrogen) atoms. The van der Waals surface area contributed by atoms with Crippen molar-refractivity contribution in [3.8, 4) is 0 Å². The van der Waals surface area contributed by atoms with Gasteiger partial charge in [0.2, 0.25) is 5.91 Å². The van der Waals surface area contributed by atoms with E-state index in [9.17, 15) is 4.79 Å². The molecular formula is C14H18BrNO2. The second-order valence-electron chi connectivity index (χ2n) is 4.74. The van der Waals surface area contributed by atoms with Crippen LogP contribution in [0, 0.1) is 0 Å². The smallest absolute Gasteiger partial charge is 0.244 e. The standard InChI is InChI=1S/C14H18BrNO2/c1-14(2,8-9-17)16-13(18)7-6-11-4-3-5-12(15)10-11/h3-7,10,17H,8-9H2,1-2H3,(H,16,18)/b7-6+. The molecule has 0 aliphatic heterocycles. The van der Waals surface area contributed by atoms with E-state index < -0.39 is 5.54 Å². The third-order valence-electron chi connectivity index (χ3n) is 2.47. The topological polar surface area (TPSA) is 49.3 Å². The Morgan fingerprint density at radius 3 is 2.83 bits per heavy atom. The molecule has 1 amide bonds. The van der Waals surface area contributed by atoms with Crippen molar-refractivity contribution < 1.29 is 9.90 Å². The molecule has 0 aliphatic carbocycles. The number of halogens is 1. The molecule has 0 bridgehead atoms. The van der Waals surface area contributed by atoms with Crippen LogP contribution in [0.5, 0.6) is 0 Å². The van der Waals surface area contributed by atoms with Crippen LogP contribution in [-0.4, -0.2) is 23.2 Å². The highest BCUT2D eigenvalue weighted by molar-refractivity contribution is 9.10. The number of hydrogen-bond acceptors (Lipinski definition) is 2. The summed E-state index contributed by atoms with van der Waals surface area (Å²) in [5.41, 5.74) is 0.562. The Hall–Kier alpha value is -1.13. The van der Waals surface area contributed by atoms with Crippen LogP contribution in [0.3, 0.4) is 0 Å². The summed E-state index contributed by atoms with van der Waals surface area (Å²) >= 11 is 3.38. The predicted octanol–water partition coefficient (Wildman–Crippen LogP) is 2.74. The van der Waals surface area contributed by atoms with E-state index in [0.29, 0.717) is 6.42 Å². The second kappa shape index (κ2) is 6.71. The summed E-state index contributed by atoms with van der Waals surface area (Å²) in [6.45, 7) is 3.82. The van der Waals surface area contributed by atoms with Gasteiger partial charge in [-0.2, -0.15) is 0 Å². The van der Waals surface area contributed by atoms with Crippen molar-refractivity contribution in [2.45, 2.75) is 25.8 Å². The van der Waals surface area contributed by atoms with Crippen LogP contribution in [0.2, 0.25) is 0 Å². The van der Waals surface area contributed by atoms with E-state index in [2.05, 4.69) is 21.2 Å². The minimum absolute atomic E-state index is 0.0582. The highest BCUT2D eigenvalue weighted by atomic mass is 79.9. The molecule has 0 aliphatic rings. The zero-order valence-corrected chi connectivity index (χ0v) is 12.2. The van der Waals surface area contributed by atoms with Crippen molar-refractivity contribution in [2.75, 3.05) is 6.61 Å². The van der Waals surface area contributed by atoms with Gasteiger partial charge in [-0.15, -0.1) is 0 Å². The molecule has 2 N–H and O–H groups in total. The summed E-state index contributed by atoms with van der Waals surface area (Å²) in [7, 11) is 0. The SMILES string of the molecule is CC(C)(CCO)NC(=O)/C=C/c1cccc(Br)c1. The maximum absolute atomic E-state index is 11.7. The number of amides is 1. The van der Waals surface area contributed by atoms with Crippen LogP contribution < -0.4 is 5.32 Å². The Labute approximate surface area is 116 Å². The lowest BCUT2D eigenvalue weighted by molar-refractivity contribution is -0.118. The molecule has 1 aromatic rings. The molecule has 1 aromatic carbocycles. The summed E-state index contributed by atoms with van der Waals surface area (Å²) < 4.78 is 0.977. The van der Waals surface area contributed by atoms with Gasteiger partial charge in [-0.3, -0.25) is 4.79 Å². The highest BCUT2D eigenvalue weighted by Gasteiger charge is 2.17. The van der Waals surface area contributed by atoms with Gasteiger partial charge >= 0.3 is 0 Å². The second-order valence-corrected chi connectivity index (χ2v) is 5.65. The first-order valence-corrected chi connectivity index (χ1v) is 6.59. The Morgan fingerprint density at radius 1 is 1.50 bits per heavy atom. The van der Waals surface area contributed by atoms with Crippen molar-refractivity contribution in [3.63, 3.8) is 0 Å². The molecule has 0 fully saturated rings. The largest absolute Gasteiger partial charge is 0.396 e. The molecule has 4 heteroatoms. The zero-order valence-electron chi connectivity index (χ0n) is 10.6. The lowest BCUT2D eigenvalue weighted by atomic mass is 10.0. The van der Waals surface area contributed by atoms with Gasteiger partial charge in [0.15, 0.2) is 0 Å². The van der Waals surface area contributed by atoms with Gasteiger partial charge < -0.3 is 10.4 Å². The monoisotopic (exact) mass is 311 g/mol. The van der Waals surface area contributed by atoms with Crippen LogP contribution in [0.4, 0.5) is 0 Å². The molecule has 0 unspecified atom stereocenters. The maximum atomic E-state index is 11.7. The van der Waals surface area contributed by atoms with E-state index in [4.69, 9.17) is 5.11 Å². The van der Waals surface area contributed by atoms with Crippen LogP contribution in [0.1, 0.15) is 25.8 Å². The molecule has 1 rings (SSSR count). The van der Waals surface area contributed by atoms with E-state index >= 15 is 0 Å². The summed E-state index contributed by atoms with van der Waals surface area (Å²) in [5.74, 6) is -0.159. The third-order valence-corrected chi connectivity index (χ3v) is 2.97. The number of aliphatic hydroxyl groups is 1. The molecular weight excluding hydrogens is 294 g/mol. The third kappa shape index (κ3) is 5.47. The van der Waals surface area contributed by atoms with Gasteiger partial charge in [0.1, 0.15) is 0 Å². The molecule has 3 nitrogen and oxygen atoms in total. The summed E-state index contributed by atoms with van der Waals surface area (Å²) in [4.78, 5) is 11.7. The lowest BCUT2D eigenvalue weighted by Crippen LogP contribution is -2.43. The van der Waals surface area contributed by atoms with Gasteiger partial charge in [0.25, 0.3) is 0 Å². The average molecular weight is 312 g/mol. The van der Waals surface area contributed by atoms with Crippen LogP contribution in [0.25, 0.3) is 6.08 Å². The van der Waals surface area contributed by atoms with Crippen molar-refractivity contribution in [1.82, 2.24) is 5.32 Å². The number of rotatable bonds is 5. The number of nitrogens with one attached hydrogen (secondary N) is 1. The number of benzene rings is 1. The van der Waals surface area contributed by atoms with E-state index in [1.54, 1.807) is 6.08 Å². The summed E-state index contributed by atoms with van der Waals surface area (Å²) in [5, 5.41) is 11.7. The Bertz CT molecular complexity index is 441. The van der Waals surface area contributed by atoms with Crippen molar-refractivity contribution in [2.24, 2.45) is 0 Å². The van der Waals surface area contributed by atoms with Crippen molar-refractivity contribution in [3.05, 3.63) is 40.4 Å². The molecule has 0 heterocycles. The predicted molar refractivity (Wildman–Crippen MR) is 77.1 cm³/mol. The molecule has 0 aromatic heterocycles. The first-order chi connectivity index (χ1) is 8.43. The van der Waals surface area contributed by atoms with Gasteiger partial charge in [-0.05, 0) is 44.0 Å². The fraction of sp³-hybridized carbons (Fsp3) is 0.357. The van der Waals surface area contributed by atoms with Crippen LogP contribution in [0.15, 0.2) is 34.8 Å². The van der Waals surface area contributed by atoms with Crippen molar-refractivity contribution >= 4 is 27.9 Å². The molecule has 0 spiro atoms. The Balaban J connectivity index is 2.60. The summed E-state index contributed by atoms with van der Waals surface area (Å²) in [6, 6.07) is 7.70. The van der Waals surface area contributed by atoms with Gasteiger partial charge in [-0.1, -0.05) is 28.1 Å². The quantitative estimate of drug-likeness (QED) is 0.821. The maximum Gasteiger partial charge on any atom is 0.244 e. The number of hydrogen-bond donors (Lipinski definition) is 2. The summed E-state index contributed by atoms with van der Waals surface area (Å²) in [6.07, 6.45) is 3.79. The van der Waals surface area contributed by atoms with E-state index in [1.807, 2.05) is 38.1 Å². The molecule has 0 saturated heterocycles. The average Bonchev–Trinajstić information content (AvgIpc) is 2.25. The molecule has 0 radical (unpaired) electrons. The van der Waals surface area contributed by atoms with Gasteiger partial charge in [-0.25, -0.2) is 0 Å². The number of aliphatic hydroxyl groups excluding tert-OH is 1. The van der Waals surface area contributed by atoms with Crippen molar-refractivity contribution in [1.29, 1.82) is 0 Å². The number of carbonyl (C=O) groups is 1. The lowest BCUT2D eigenvalue weighted by Gasteiger charge is -2.24. The fourth-order valence-electron chi connectivity index (χ4n) is 1.50. The van der Waals surface area contributed by atoms with E-state index in [0.717, 1.165) is 10.0 Å². The van der Waals surface area contributed by atoms with E-state index in [1.165, 1.54) is 6.08 Å². The van der Waals surface area contributed by atoms with E-state index in [-0.39, 0.29) is 12.5 Å². The molecule has 0 atom stereocenters. The van der Waals surface area contributed by atoms with Crippen LogP contribution >= 0.6 is 15.9 Å². The first kappa shape index (κ1) is 14.9.